The Morgan fingerprint density at radius 3 is 2.54 bits per heavy atom. The number of benzene rings is 1. The molecule has 6 heteroatoms. The topological polar surface area (TPSA) is 76.8 Å². The molecule has 1 aliphatic heterocycles. The number of nitrogens with one attached hydrogen (secondary N) is 1. The van der Waals surface area contributed by atoms with Crippen molar-refractivity contribution in [3.05, 3.63) is 46.8 Å². The number of aryl methyl sites for hydroxylation is 2. The Morgan fingerprint density at radius 1 is 1.25 bits per heavy atom. The average molecular weight is 332 g/mol. The lowest BCUT2D eigenvalue weighted by Gasteiger charge is -2.40. The largest absolute Gasteiger partial charge is 0.489 e. The maximum atomic E-state index is 9.40. The maximum absolute atomic E-state index is 9.40. The summed E-state index contributed by atoms with van der Waals surface area (Å²) in [6, 6.07) is 8.00. The number of aliphatic hydroxyl groups excluding tert-OH is 1. The maximum Gasteiger partial charge on any atom is 0.140 e. The molecule has 2 N–H and O–H groups in total. The van der Waals surface area contributed by atoms with Gasteiger partial charge in [-0.15, -0.1) is 0 Å². The summed E-state index contributed by atoms with van der Waals surface area (Å²) in [4.78, 5) is 0. The van der Waals surface area contributed by atoms with E-state index < -0.39 is 0 Å². The van der Waals surface area contributed by atoms with Gasteiger partial charge in [0.25, 0.3) is 0 Å². The van der Waals surface area contributed by atoms with Gasteiger partial charge in [-0.3, -0.25) is 0 Å². The first kappa shape index (κ1) is 17.0. The van der Waals surface area contributed by atoms with Crippen molar-refractivity contribution in [3.8, 4) is 5.75 Å². The molecule has 24 heavy (non-hydrogen) atoms. The molecule has 1 aromatic carbocycles. The Bertz CT molecular complexity index is 637. The summed E-state index contributed by atoms with van der Waals surface area (Å²) in [6.07, 6.45) is 0. The zero-order chi connectivity index (χ0) is 17.0. The van der Waals surface area contributed by atoms with Crippen molar-refractivity contribution in [2.75, 3.05) is 26.4 Å². The molecule has 1 aromatic heterocycles. The third-order valence-corrected chi connectivity index (χ3v) is 4.47. The summed E-state index contributed by atoms with van der Waals surface area (Å²) in [7, 11) is 0. The first-order valence-corrected chi connectivity index (χ1v) is 8.15. The fourth-order valence-electron chi connectivity index (χ4n) is 2.68. The van der Waals surface area contributed by atoms with Gasteiger partial charge in [-0.2, -0.15) is 0 Å². The lowest BCUT2D eigenvalue weighted by atomic mass is 9.87. The Morgan fingerprint density at radius 2 is 2.00 bits per heavy atom. The predicted molar refractivity (Wildman–Crippen MR) is 88.8 cm³/mol. The molecule has 2 aromatic rings. The van der Waals surface area contributed by atoms with E-state index in [9.17, 15) is 5.11 Å². The van der Waals surface area contributed by atoms with Crippen LogP contribution < -0.4 is 10.1 Å². The highest BCUT2D eigenvalue weighted by molar-refractivity contribution is 5.28. The number of nitrogens with zero attached hydrogens (tertiary/aromatic N) is 1. The molecule has 3 rings (SSSR count). The molecule has 1 aliphatic rings. The van der Waals surface area contributed by atoms with E-state index in [2.05, 4.69) is 10.5 Å². The van der Waals surface area contributed by atoms with E-state index in [1.54, 1.807) is 0 Å². The Labute approximate surface area is 141 Å². The lowest BCUT2D eigenvalue weighted by Crippen LogP contribution is -2.52. The summed E-state index contributed by atoms with van der Waals surface area (Å²) in [6.45, 7) is 7.19. The van der Waals surface area contributed by atoms with Crippen molar-refractivity contribution in [1.82, 2.24) is 10.5 Å². The number of hydrogen-bond donors (Lipinski definition) is 2. The average Bonchev–Trinajstić information content (AvgIpc) is 2.88. The summed E-state index contributed by atoms with van der Waals surface area (Å²) in [5, 5.41) is 16.7. The fourth-order valence-corrected chi connectivity index (χ4v) is 2.68. The molecule has 6 nitrogen and oxygen atoms in total. The second-order valence-corrected chi connectivity index (χ2v) is 6.49. The summed E-state index contributed by atoms with van der Waals surface area (Å²) < 4.78 is 16.1. The van der Waals surface area contributed by atoms with Crippen molar-refractivity contribution in [2.24, 2.45) is 5.41 Å². The van der Waals surface area contributed by atoms with E-state index in [0.29, 0.717) is 19.8 Å². The summed E-state index contributed by atoms with van der Waals surface area (Å²) >= 11 is 0. The Balaban J connectivity index is 1.47. The molecule has 0 saturated carbocycles. The smallest absolute Gasteiger partial charge is 0.140 e. The van der Waals surface area contributed by atoms with E-state index in [0.717, 1.165) is 35.9 Å². The van der Waals surface area contributed by atoms with Gasteiger partial charge in [0.05, 0.1) is 36.5 Å². The zero-order valence-electron chi connectivity index (χ0n) is 14.2. The van der Waals surface area contributed by atoms with Crippen LogP contribution in [0.15, 0.2) is 28.8 Å². The first-order valence-electron chi connectivity index (χ1n) is 8.15. The third-order valence-electron chi connectivity index (χ3n) is 4.47. The molecule has 0 atom stereocenters. The lowest BCUT2D eigenvalue weighted by molar-refractivity contribution is -0.134. The van der Waals surface area contributed by atoms with Crippen molar-refractivity contribution in [1.29, 1.82) is 0 Å². The van der Waals surface area contributed by atoms with Crippen LogP contribution in [-0.2, 0) is 17.9 Å². The van der Waals surface area contributed by atoms with Gasteiger partial charge < -0.3 is 24.4 Å². The molecule has 1 fully saturated rings. The number of hydrogen-bond acceptors (Lipinski definition) is 6. The highest BCUT2D eigenvalue weighted by atomic mass is 16.5. The summed E-state index contributed by atoms with van der Waals surface area (Å²) in [5.41, 5.74) is 2.94. The van der Waals surface area contributed by atoms with Crippen molar-refractivity contribution in [2.45, 2.75) is 27.0 Å². The van der Waals surface area contributed by atoms with Crippen LogP contribution in [0.25, 0.3) is 0 Å². The molecule has 2 heterocycles. The van der Waals surface area contributed by atoms with Gasteiger partial charge in [0.1, 0.15) is 18.1 Å². The van der Waals surface area contributed by atoms with Gasteiger partial charge in [0.2, 0.25) is 0 Å². The number of aromatic nitrogens is 1. The molecule has 0 unspecified atom stereocenters. The number of rotatable bonds is 8. The zero-order valence-corrected chi connectivity index (χ0v) is 14.2. The van der Waals surface area contributed by atoms with Crippen LogP contribution in [0.2, 0.25) is 0 Å². The van der Waals surface area contributed by atoms with Crippen LogP contribution in [0.1, 0.15) is 22.6 Å². The molecule has 0 radical (unpaired) electrons. The monoisotopic (exact) mass is 332 g/mol. The van der Waals surface area contributed by atoms with Crippen LogP contribution >= 0.6 is 0 Å². The molecule has 0 amide bonds. The van der Waals surface area contributed by atoms with Crippen LogP contribution in [0, 0.1) is 19.3 Å². The van der Waals surface area contributed by atoms with Crippen molar-refractivity contribution >= 4 is 0 Å². The van der Waals surface area contributed by atoms with Crippen LogP contribution in [0.4, 0.5) is 0 Å². The SMILES string of the molecule is Cc1noc(C)c1COc1ccc(CNCC2(CO)COC2)cc1. The highest BCUT2D eigenvalue weighted by Gasteiger charge is 2.37. The van der Waals surface area contributed by atoms with Gasteiger partial charge in [-0.25, -0.2) is 0 Å². The van der Waals surface area contributed by atoms with Crippen LogP contribution in [-0.4, -0.2) is 36.6 Å². The third kappa shape index (κ3) is 3.77. The Kier molecular flexibility index (Phi) is 5.18. The second kappa shape index (κ2) is 7.34. The standard InChI is InChI=1S/C18H24N2O4/c1-13-17(14(2)24-20-13)8-23-16-5-3-15(4-6-16)7-19-9-18(10-21)11-22-12-18/h3-6,19,21H,7-12H2,1-2H3. The summed E-state index contributed by atoms with van der Waals surface area (Å²) in [5.74, 6) is 1.61. The molecular weight excluding hydrogens is 308 g/mol. The molecular formula is C18H24N2O4. The van der Waals surface area contributed by atoms with Crippen LogP contribution in [0.5, 0.6) is 5.75 Å². The van der Waals surface area contributed by atoms with E-state index >= 15 is 0 Å². The van der Waals surface area contributed by atoms with Crippen molar-refractivity contribution < 1.29 is 19.1 Å². The van der Waals surface area contributed by atoms with Gasteiger partial charge in [0, 0.05) is 13.1 Å². The minimum atomic E-state index is -0.0998. The van der Waals surface area contributed by atoms with E-state index in [-0.39, 0.29) is 12.0 Å². The molecule has 0 spiro atoms. The number of ether oxygens (including phenoxy) is 2. The molecule has 130 valence electrons. The minimum Gasteiger partial charge on any atom is -0.489 e. The van der Waals surface area contributed by atoms with E-state index in [1.165, 1.54) is 5.56 Å². The quantitative estimate of drug-likeness (QED) is 0.770. The fraction of sp³-hybridized carbons (Fsp3) is 0.500. The normalized spacial score (nSPS) is 16.0. The van der Waals surface area contributed by atoms with Gasteiger partial charge in [-0.1, -0.05) is 17.3 Å². The van der Waals surface area contributed by atoms with Crippen molar-refractivity contribution in [3.63, 3.8) is 0 Å². The molecule has 0 aliphatic carbocycles. The minimum absolute atomic E-state index is 0.0998. The predicted octanol–water partition coefficient (Wildman–Crippen LogP) is 1.97. The van der Waals surface area contributed by atoms with E-state index in [1.807, 2.05) is 38.1 Å². The van der Waals surface area contributed by atoms with Crippen LogP contribution in [0.3, 0.4) is 0 Å². The Hall–Kier alpha value is -1.89. The van der Waals surface area contributed by atoms with E-state index in [4.69, 9.17) is 14.0 Å². The van der Waals surface area contributed by atoms with Gasteiger partial charge >= 0.3 is 0 Å². The molecule has 1 saturated heterocycles. The van der Waals surface area contributed by atoms with Gasteiger partial charge in [-0.05, 0) is 31.5 Å². The first-order chi connectivity index (χ1) is 11.6. The van der Waals surface area contributed by atoms with Gasteiger partial charge in [0.15, 0.2) is 0 Å². The number of aliphatic hydroxyl groups is 1. The highest BCUT2D eigenvalue weighted by Crippen LogP contribution is 2.25. The molecule has 0 bridgehead atoms. The second-order valence-electron chi connectivity index (χ2n) is 6.49.